The number of halogens is 2. The average Bonchev–Trinajstić information content (AvgIpc) is 2.90. The van der Waals surface area contributed by atoms with Crippen molar-refractivity contribution in [2.75, 3.05) is 18.2 Å². The highest BCUT2D eigenvalue weighted by atomic mass is 35.5. The number of amides is 1. The van der Waals surface area contributed by atoms with Gasteiger partial charge in [0.05, 0.1) is 6.04 Å². The summed E-state index contributed by atoms with van der Waals surface area (Å²) in [5, 5.41) is 6.02. The van der Waals surface area contributed by atoms with E-state index in [1.807, 2.05) is 0 Å². The van der Waals surface area contributed by atoms with Gasteiger partial charge in [0.25, 0.3) is 0 Å². The van der Waals surface area contributed by atoms with Gasteiger partial charge >= 0.3 is 0 Å². The summed E-state index contributed by atoms with van der Waals surface area (Å²) >= 11 is 1.75. The lowest BCUT2D eigenvalue weighted by Crippen LogP contribution is -2.42. The number of carbonyl (C=O) groups is 1. The van der Waals surface area contributed by atoms with Crippen LogP contribution in [0.4, 0.5) is 0 Å². The van der Waals surface area contributed by atoms with Crippen LogP contribution >= 0.6 is 36.6 Å². The number of aromatic amines is 1. The van der Waals surface area contributed by atoms with Gasteiger partial charge in [-0.15, -0.1) is 36.6 Å². The van der Waals surface area contributed by atoms with Crippen molar-refractivity contribution < 1.29 is 4.79 Å². The summed E-state index contributed by atoms with van der Waals surface area (Å²) in [5.74, 6) is 2.73. The number of nitrogens with one attached hydrogen (secondary N) is 3. The second kappa shape index (κ2) is 8.63. The van der Waals surface area contributed by atoms with Crippen molar-refractivity contribution in [3.8, 4) is 0 Å². The van der Waals surface area contributed by atoms with Crippen LogP contribution in [0.2, 0.25) is 0 Å². The van der Waals surface area contributed by atoms with E-state index in [1.165, 1.54) is 0 Å². The Balaban J connectivity index is 0.00000128. The minimum atomic E-state index is -0.0217. The normalized spacial score (nSPS) is 18.0. The molecule has 0 saturated carbocycles. The van der Waals surface area contributed by atoms with Crippen LogP contribution in [0.3, 0.4) is 0 Å². The fourth-order valence-electron chi connectivity index (χ4n) is 1.43. The lowest BCUT2D eigenvalue weighted by atomic mass is 10.3. The smallest absolute Gasteiger partial charge is 0.238 e. The van der Waals surface area contributed by atoms with Gasteiger partial charge in [0.1, 0.15) is 5.82 Å². The highest BCUT2D eigenvalue weighted by Crippen LogP contribution is 2.08. The Kier molecular flexibility index (Phi) is 8.41. The first-order valence-corrected chi connectivity index (χ1v) is 6.09. The number of hydrogen-bond donors (Lipinski definition) is 3. The van der Waals surface area contributed by atoms with Crippen LogP contribution in [-0.4, -0.2) is 40.1 Å². The van der Waals surface area contributed by atoms with Gasteiger partial charge in [-0.05, 0) is 0 Å². The van der Waals surface area contributed by atoms with Crippen molar-refractivity contribution in [1.82, 2.24) is 20.6 Å². The number of H-pyrrole nitrogens is 1. The van der Waals surface area contributed by atoms with Crippen LogP contribution in [-0.2, 0) is 11.2 Å². The third-order valence-electron chi connectivity index (χ3n) is 2.25. The molecule has 1 aliphatic rings. The molecule has 5 nitrogen and oxygen atoms in total. The van der Waals surface area contributed by atoms with Crippen LogP contribution < -0.4 is 10.6 Å². The predicted molar refractivity (Wildman–Crippen MR) is 74.0 cm³/mol. The lowest BCUT2D eigenvalue weighted by Gasteiger charge is -2.09. The molecule has 98 valence electrons. The molecule has 8 heteroatoms. The molecular weight excluding hydrogens is 283 g/mol. The van der Waals surface area contributed by atoms with Gasteiger partial charge in [-0.3, -0.25) is 10.1 Å². The van der Waals surface area contributed by atoms with Gasteiger partial charge in [0, 0.05) is 37.0 Å². The Morgan fingerprint density at radius 1 is 1.59 bits per heavy atom. The van der Waals surface area contributed by atoms with E-state index in [0.29, 0.717) is 6.54 Å². The van der Waals surface area contributed by atoms with Crippen molar-refractivity contribution in [2.45, 2.75) is 12.5 Å². The molecule has 2 heterocycles. The Bertz CT molecular complexity index is 317. The van der Waals surface area contributed by atoms with E-state index in [2.05, 4.69) is 20.6 Å². The Morgan fingerprint density at radius 2 is 2.41 bits per heavy atom. The van der Waals surface area contributed by atoms with E-state index < -0.39 is 0 Å². The average molecular weight is 299 g/mol. The molecule has 17 heavy (non-hydrogen) atoms. The second-order valence-electron chi connectivity index (χ2n) is 3.35. The molecule has 3 N–H and O–H groups in total. The standard InChI is InChI=1S/C9H14N4OS.2ClH/c14-9(7-5-15-6-13-7)12-2-1-8-10-3-4-11-8;;/h3-4,7,13H,1-2,5-6H2,(H,10,11)(H,12,14);2*1H. The molecule has 0 radical (unpaired) electrons. The SMILES string of the molecule is Cl.Cl.O=C(NCCc1ncc[nH]1)C1CSCN1. The molecule has 1 atom stereocenters. The first-order valence-electron chi connectivity index (χ1n) is 4.93. The molecule has 2 rings (SSSR count). The van der Waals surface area contributed by atoms with E-state index in [9.17, 15) is 4.79 Å². The summed E-state index contributed by atoms with van der Waals surface area (Å²) in [5.41, 5.74) is 0. The maximum Gasteiger partial charge on any atom is 0.238 e. The molecule has 1 aromatic heterocycles. The summed E-state index contributed by atoms with van der Waals surface area (Å²) in [4.78, 5) is 18.6. The van der Waals surface area contributed by atoms with Crippen molar-refractivity contribution in [3.63, 3.8) is 0 Å². The zero-order valence-corrected chi connectivity index (χ0v) is 11.6. The number of hydrogen-bond acceptors (Lipinski definition) is 4. The van der Waals surface area contributed by atoms with Gasteiger partial charge in [-0.1, -0.05) is 0 Å². The number of imidazole rings is 1. The third kappa shape index (κ3) is 5.16. The van der Waals surface area contributed by atoms with Crippen molar-refractivity contribution >= 4 is 42.5 Å². The second-order valence-corrected chi connectivity index (χ2v) is 4.38. The van der Waals surface area contributed by atoms with Gasteiger partial charge < -0.3 is 10.3 Å². The number of rotatable bonds is 4. The van der Waals surface area contributed by atoms with Crippen molar-refractivity contribution in [1.29, 1.82) is 0 Å². The van der Waals surface area contributed by atoms with Crippen LogP contribution in [0.25, 0.3) is 0 Å². The summed E-state index contributed by atoms with van der Waals surface area (Å²) < 4.78 is 0. The summed E-state index contributed by atoms with van der Waals surface area (Å²) in [6, 6.07) is -0.0217. The summed E-state index contributed by atoms with van der Waals surface area (Å²) in [6.45, 7) is 0.634. The number of aromatic nitrogens is 2. The molecule has 0 aliphatic carbocycles. The van der Waals surface area contributed by atoms with Gasteiger partial charge in [-0.2, -0.15) is 0 Å². The molecule has 1 aromatic rings. The predicted octanol–water partition coefficient (Wildman–Crippen LogP) is 0.574. The first kappa shape index (κ1) is 16.6. The molecule has 1 amide bonds. The Labute approximate surface area is 117 Å². The molecule has 1 unspecified atom stereocenters. The zero-order valence-electron chi connectivity index (χ0n) is 9.14. The van der Waals surface area contributed by atoms with Crippen LogP contribution in [0, 0.1) is 0 Å². The van der Waals surface area contributed by atoms with Crippen molar-refractivity contribution in [3.05, 3.63) is 18.2 Å². The fourth-order valence-corrected chi connectivity index (χ4v) is 2.37. The maximum absolute atomic E-state index is 11.6. The summed E-state index contributed by atoms with van der Waals surface area (Å²) in [6.07, 6.45) is 4.25. The fraction of sp³-hybridized carbons (Fsp3) is 0.556. The van der Waals surface area contributed by atoms with E-state index >= 15 is 0 Å². The minimum Gasteiger partial charge on any atom is -0.354 e. The first-order chi connectivity index (χ1) is 7.36. The lowest BCUT2D eigenvalue weighted by molar-refractivity contribution is -0.122. The van der Waals surface area contributed by atoms with Crippen LogP contribution in [0.5, 0.6) is 0 Å². The number of thioether (sulfide) groups is 1. The van der Waals surface area contributed by atoms with E-state index in [4.69, 9.17) is 0 Å². The maximum atomic E-state index is 11.6. The third-order valence-corrected chi connectivity index (χ3v) is 3.19. The van der Waals surface area contributed by atoms with Gasteiger partial charge in [-0.25, -0.2) is 4.98 Å². The highest BCUT2D eigenvalue weighted by Gasteiger charge is 2.21. The highest BCUT2D eigenvalue weighted by molar-refractivity contribution is 7.99. The zero-order chi connectivity index (χ0) is 10.5. The van der Waals surface area contributed by atoms with Crippen molar-refractivity contribution in [2.24, 2.45) is 0 Å². The monoisotopic (exact) mass is 298 g/mol. The van der Waals surface area contributed by atoms with E-state index in [1.54, 1.807) is 24.2 Å². The molecule has 1 fully saturated rings. The summed E-state index contributed by atoms with van der Waals surface area (Å²) in [7, 11) is 0. The molecule has 0 aromatic carbocycles. The molecule has 0 spiro atoms. The molecule has 0 bridgehead atoms. The van der Waals surface area contributed by atoms with Gasteiger partial charge in [0.2, 0.25) is 5.91 Å². The molecule has 1 saturated heterocycles. The minimum absolute atomic E-state index is 0. The van der Waals surface area contributed by atoms with E-state index in [-0.39, 0.29) is 36.8 Å². The quantitative estimate of drug-likeness (QED) is 0.760. The van der Waals surface area contributed by atoms with Crippen LogP contribution in [0.1, 0.15) is 5.82 Å². The molecular formula is C9H16Cl2N4OS. The number of carbonyl (C=O) groups excluding carboxylic acids is 1. The van der Waals surface area contributed by atoms with Gasteiger partial charge in [0.15, 0.2) is 0 Å². The Hall–Kier alpha value is -0.430. The van der Waals surface area contributed by atoms with E-state index in [0.717, 1.165) is 23.9 Å². The largest absolute Gasteiger partial charge is 0.354 e. The topological polar surface area (TPSA) is 69.8 Å². The van der Waals surface area contributed by atoms with Crippen LogP contribution in [0.15, 0.2) is 12.4 Å². The molecule has 1 aliphatic heterocycles. The number of nitrogens with zero attached hydrogens (tertiary/aromatic N) is 1. The Morgan fingerprint density at radius 3 is 3.00 bits per heavy atom.